The largest absolute Gasteiger partial charge is 0.481 e. The number of likely N-dealkylation sites (tertiary alicyclic amines) is 1. The number of carbonyl (C=O) groups excluding carboxylic acids is 2. The van der Waals surface area contributed by atoms with Crippen molar-refractivity contribution in [3.8, 4) is 0 Å². The molecule has 1 aromatic carbocycles. The van der Waals surface area contributed by atoms with E-state index in [1.807, 2.05) is 0 Å². The maximum absolute atomic E-state index is 14.1. The van der Waals surface area contributed by atoms with E-state index in [0.29, 0.717) is 18.0 Å². The molecule has 0 spiro atoms. The Morgan fingerprint density at radius 2 is 1.93 bits per heavy atom. The van der Waals surface area contributed by atoms with E-state index in [4.69, 9.17) is 5.11 Å². The molecule has 0 saturated carbocycles. The quantitative estimate of drug-likeness (QED) is 0.770. The highest BCUT2D eigenvalue weighted by Gasteiger charge is 2.53. The van der Waals surface area contributed by atoms with E-state index in [1.54, 1.807) is 0 Å². The lowest BCUT2D eigenvalue weighted by atomic mass is 9.96. The summed E-state index contributed by atoms with van der Waals surface area (Å²) >= 11 is 0. The summed E-state index contributed by atoms with van der Waals surface area (Å²) in [6.07, 6.45) is -4.80. The highest BCUT2D eigenvalue weighted by Crippen LogP contribution is 2.38. The van der Waals surface area contributed by atoms with Crippen molar-refractivity contribution in [1.29, 1.82) is 0 Å². The van der Waals surface area contributed by atoms with Gasteiger partial charge in [0.05, 0.1) is 17.4 Å². The number of nitrogens with zero attached hydrogens (tertiary/aromatic N) is 2. The van der Waals surface area contributed by atoms with E-state index in [-0.39, 0.29) is 5.69 Å². The van der Waals surface area contributed by atoms with Crippen LogP contribution in [0.3, 0.4) is 0 Å². The van der Waals surface area contributed by atoms with Gasteiger partial charge in [-0.2, -0.15) is 13.2 Å². The van der Waals surface area contributed by atoms with Gasteiger partial charge in [0.25, 0.3) is 5.91 Å². The molecule has 27 heavy (non-hydrogen) atoms. The number of rotatable bonds is 3. The number of halogens is 4. The van der Waals surface area contributed by atoms with Gasteiger partial charge in [-0.3, -0.25) is 14.5 Å². The predicted molar refractivity (Wildman–Crippen MR) is 83.7 cm³/mol. The van der Waals surface area contributed by atoms with Crippen LogP contribution in [0.5, 0.6) is 0 Å². The second kappa shape index (κ2) is 6.71. The van der Waals surface area contributed by atoms with E-state index in [0.717, 1.165) is 12.1 Å². The summed E-state index contributed by atoms with van der Waals surface area (Å²) in [6.45, 7) is -0.891. The molecule has 7 nitrogen and oxygen atoms in total. The van der Waals surface area contributed by atoms with Crippen molar-refractivity contribution in [2.24, 2.45) is 11.8 Å². The summed E-state index contributed by atoms with van der Waals surface area (Å²) in [4.78, 5) is 37.3. The molecule has 2 aliphatic heterocycles. The molecule has 0 bridgehead atoms. The first-order valence-corrected chi connectivity index (χ1v) is 8.03. The van der Waals surface area contributed by atoms with Crippen LogP contribution in [-0.4, -0.2) is 60.3 Å². The van der Waals surface area contributed by atoms with Crippen molar-refractivity contribution in [2.75, 3.05) is 31.1 Å². The van der Waals surface area contributed by atoms with Gasteiger partial charge in [0.15, 0.2) is 0 Å². The van der Waals surface area contributed by atoms with Crippen molar-refractivity contribution in [2.45, 2.75) is 6.18 Å². The Morgan fingerprint density at radius 3 is 2.44 bits per heavy atom. The minimum atomic E-state index is -4.80. The minimum Gasteiger partial charge on any atom is -0.481 e. The maximum atomic E-state index is 14.1. The van der Waals surface area contributed by atoms with Gasteiger partial charge in [-0.05, 0) is 18.2 Å². The Labute approximate surface area is 150 Å². The third-order valence-corrected chi connectivity index (χ3v) is 4.69. The Bertz CT molecular complexity index is 798. The van der Waals surface area contributed by atoms with Gasteiger partial charge < -0.3 is 15.3 Å². The van der Waals surface area contributed by atoms with Crippen LogP contribution in [0.25, 0.3) is 0 Å². The minimum absolute atomic E-state index is 0.219. The van der Waals surface area contributed by atoms with Gasteiger partial charge in [0.1, 0.15) is 5.82 Å². The lowest BCUT2D eigenvalue weighted by Gasteiger charge is -2.20. The molecule has 2 atom stereocenters. The molecule has 146 valence electrons. The molecule has 2 N–H and O–H groups in total. The van der Waals surface area contributed by atoms with Crippen LogP contribution in [0.1, 0.15) is 10.4 Å². The molecular formula is C16H15F4N3O4. The van der Waals surface area contributed by atoms with Gasteiger partial charge in [0, 0.05) is 31.9 Å². The topological polar surface area (TPSA) is 89.9 Å². The van der Waals surface area contributed by atoms with Gasteiger partial charge in [-0.1, -0.05) is 0 Å². The number of carboxylic acid groups (broad SMARTS) is 1. The van der Waals surface area contributed by atoms with Gasteiger partial charge >= 0.3 is 18.2 Å². The second-order valence-electron chi connectivity index (χ2n) is 6.35. The van der Waals surface area contributed by atoms with Crippen molar-refractivity contribution >= 4 is 23.6 Å². The highest BCUT2D eigenvalue weighted by atomic mass is 19.4. The van der Waals surface area contributed by atoms with Gasteiger partial charge in [-0.25, -0.2) is 9.18 Å². The number of hydrogen-bond donors (Lipinski definition) is 2. The fourth-order valence-corrected chi connectivity index (χ4v) is 3.28. The average Bonchev–Trinajstić information content (AvgIpc) is 3.21. The standard InChI is InChI=1S/C16H15F4N3O4/c17-12-2-1-8(23-4-3-21-15(23)27)5-9(12)13(24)22-6-10(14(25)26)11(7-22)16(18,19)20/h1-2,5,10-11H,3-4,6-7H2,(H,21,27)(H,25,26)/t10-,11-/m1/s1. The average molecular weight is 389 g/mol. The summed E-state index contributed by atoms with van der Waals surface area (Å²) in [7, 11) is 0. The molecule has 1 aromatic rings. The van der Waals surface area contributed by atoms with Gasteiger partial charge in [-0.15, -0.1) is 0 Å². The summed E-state index contributed by atoms with van der Waals surface area (Å²) in [6, 6.07) is 2.86. The van der Waals surface area contributed by atoms with E-state index in [9.17, 15) is 31.9 Å². The number of carboxylic acids is 1. The Kier molecular flexibility index (Phi) is 4.70. The molecule has 0 unspecified atom stereocenters. The van der Waals surface area contributed by atoms with Crippen LogP contribution in [0.15, 0.2) is 18.2 Å². The summed E-state index contributed by atoms with van der Waals surface area (Å²) in [5.41, 5.74) is -0.296. The van der Waals surface area contributed by atoms with E-state index < -0.39 is 60.4 Å². The molecule has 2 saturated heterocycles. The SMILES string of the molecule is O=C(O)[C@@H]1CN(C(=O)c2cc(N3CCNC3=O)ccc2F)C[C@H]1C(F)(F)F. The van der Waals surface area contributed by atoms with E-state index in [2.05, 4.69) is 5.32 Å². The van der Waals surface area contributed by atoms with Crippen molar-refractivity contribution in [1.82, 2.24) is 10.2 Å². The first kappa shape index (κ1) is 18.9. The number of alkyl halides is 3. The maximum Gasteiger partial charge on any atom is 0.394 e. The number of amides is 3. The molecule has 3 rings (SSSR count). The van der Waals surface area contributed by atoms with E-state index >= 15 is 0 Å². The summed E-state index contributed by atoms with van der Waals surface area (Å²) in [5.74, 6) is -7.73. The predicted octanol–water partition coefficient (Wildman–Crippen LogP) is 1.69. The molecule has 0 aromatic heterocycles. The number of hydrogen-bond acceptors (Lipinski definition) is 3. The van der Waals surface area contributed by atoms with Gasteiger partial charge in [0.2, 0.25) is 0 Å². The van der Waals surface area contributed by atoms with Crippen molar-refractivity contribution in [3.63, 3.8) is 0 Å². The third kappa shape index (κ3) is 3.53. The molecule has 0 radical (unpaired) electrons. The molecule has 3 amide bonds. The van der Waals surface area contributed by atoms with Crippen LogP contribution in [0.2, 0.25) is 0 Å². The first-order valence-electron chi connectivity index (χ1n) is 8.03. The zero-order chi connectivity index (χ0) is 19.9. The number of urea groups is 1. The molecule has 2 fully saturated rings. The van der Waals surface area contributed by atoms with Crippen LogP contribution in [0.4, 0.5) is 28.0 Å². The number of anilines is 1. The molecule has 2 heterocycles. The zero-order valence-corrected chi connectivity index (χ0v) is 13.8. The monoisotopic (exact) mass is 389 g/mol. The Hall–Kier alpha value is -2.85. The summed E-state index contributed by atoms with van der Waals surface area (Å²) < 4.78 is 53.4. The highest BCUT2D eigenvalue weighted by molar-refractivity contribution is 5.99. The van der Waals surface area contributed by atoms with Crippen molar-refractivity contribution in [3.05, 3.63) is 29.6 Å². The summed E-state index contributed by atoms with van der Waals surface area (Å²) in [5, 5.41) is 11.6. The normalized spacial score (nSPS) is 22.9. The molecule has 0 aliphatic carbocycles. The van der Waals surface area contributed by atoms with Crippen LogP contribution >= 0.6 is 0 Å². The lowest BCUT2D eigenvalue weighted by Crippen LogP contribution is -2.34. The number of benzene rings is 1. The van der Waals surface area contributed by atoms with Crippen LogP contribution < -0.4 is 10.2 Å². The number of carbonyl (C=O) groups is 3. The Morgan fingerprint density at radius 1 is 1.22 bits per heavy atom. The second-order valence-corrected chi connectivity index (χ2v) is 6.35. The van der Waals surface area contributed by atoms with Crippen LogP contribution in [0, 0.1) is 17.7 Å². The smallest absolute Gasteiger partial charge is 0.394 e. The number of aliphatic carboxylic acids is 1. The Balaban J connectivity index is 1.87. The lowest BCUT2D eigenvalue weighted by molar-refractivity contribution is -0.187. The fourth-order valence-electron chi connectivity index (χ4n) is 3.28. The fraction of sp³-hybridized carbons (Fsp3) is 0.438. The first-order chi connectivity index (χ1) is 12.6. The third-order valence-electron chi connectivity index (χ3n) is 4.69. The number of nitrogens with one attached hydrogen (secondary N) is 1. The van der Waals surface area contributed by atoms with Crippen LogP contribution in [-0.2, 0) is 4.79 Å². The zero-order valence-electron chi connectivity index (χ0n) is 13.8. The molecule has 2 aliphatic rings. The molecular weight excluding hydrogens is 374 g/mol. The van der Waals surface area contributed by atoms with E-state index in [1.165, 1.54) is 11.0 Å². The van der Waals surface area contributed by atoms with Crippen molar-refractivity contribution < 1.29 is 37.1 Å². The molecule has 11 heteroatoms.